The van der Waals surface area contributed by atoms with Crippen LogP contribution in [-0.4, -0.2) is 46.6 Å². The minimum absolute atomic E-state index is 0.0505. The number of hydrogen-bond acceptors (Lipinski definition) is 6. The summed E-state index contributed by atoms with van der Waals surface area (Å²) >= 11 is 6.96. The van der Waals surface area contributed by atoms with E-state index < -0.39 is 0 Å². The van der Waals surface area contributed by atoms with Crippen molar-refractivity contribution in [2.75, 3.05) is 0 Å². The Kier molecular flexibility index (Phi) is 15.8. The standard InChI is InChI=1S/2C37H55BrO3/c2*1-24-10-15-28-33(4,5)30(40-31(39)25-11-13-26(38)14-12-25)18-21-35(28,7)37(24)23-17-29-34(6)20-9-19-32(2,3)27(34)16-22-36(29,8)41-37/h2*11-14,24,27-30H,9-10,15-23H2,1-8H3/t2*24-,27+,28+,29-,30+,34+,35+,36-,37+/m11/s1. The van der Waals surface area contributed by atoms with E-state index in [1.54, 1.807) is 0 Å². The van der Waals surface area contributed by atoms with E-state index in [9.17, 15) is 9.59 Å². The molecule has 12 rings (SSSR count). The van der Waals surface area contributed by atoms with Crippen molar-refractivity contribution in [1.29, 1.82) is 0 Å². The molecule has 0 amide bonds. The van der Waals surface area contributed by atoms with Crippen LogP contribution in [0.1, 0.15) is 273 Å². The lowest BCUT2D eigenvalue weighted by molar-refractivity contribution is -0.342. The normalized spacial score (nSPS) is 46.6. The Balaban J connectivity index is 0.000000172. The van der Waals surface area contributed by atoms with Gasteiger partial charge in [0.1, 0.15) is 12.2 Å². The molecule has 2 saturated heterocycles. The van der Waals surface area contributed by atoms with E-state index in [2.05, 4.69) is 143 Å². The summed E-state index contributed by atoms with van der Waals surface area (Å²) < 4.78 is 30.3. The quantitative estimate of drug-likeness (QED) is 0.284. The summed E-state index contributed by atoms with van der Waals surface area (Å²) in [5.74, 6) is 4.54. The molecule has 0 N–H and O–H groups in total. The van der Waals surface area contributed by atoms with Crippen LogP contribution in [0.5, 0.6) is 0 Å². The monoisotopic (exact) mass is 1250 g/mol. The van der Waals surface area contributed by atoms with Gasteiger partial charge in [-0.05, 0) is 260 Å². The zero-order chi connectivity index (χ0) is 59.3. The van der Waals surface area contributed by atoms with Gasteiger partial charge in [0.05, 0.1) is 33.5 Å². The number of rotatable bonds is 4. The van der Waals surface area contributed by atoms with Crippen molar-refractivity contribution in [2.45, 2.75) is 287 Å². The Hall–Kier alpha value is -1.74. The number of fused-ring (bicyclic) bond motifs is 10. The number of esters is 2. The van der Waals surface area contributed by atoms with E-state index in [0.29, 0.717) is 68.3 Å². The molecule has 6 nitrogen and oxygen atoms in total. The fraction of sp³-hybridized carbons (Fsp3) is 0.811. The maximum Gasteiger partial charge on any atom is 0.338 e. The van der Waals surface area contributed by atoms with Crippen LogP contribution in [0.4, 0.5) is 0 Å². The fourth-order valence-corrected chi connectivity index (χ4v) is 25.3. The van der Waals surface area contributed by atoms with Crippen LogP contribution in [0.25, 0.3) is 0 Å². The van der Waals surface area contributed by atoms with Gasteiger partial charge in [-0.25, -0.2) is 9.59 Å². The van der Waals surface area contributed by atoms with E-state index in [1.165, 1.54) is 116 Å². The van der Waals surface area contributed by atoms with Gasteiger partial charge in [0.2, 0.25) is 0 Å². The van der Waals surface area contributed by atoms with E-state index in [0.717, 1.165) is 46.5 Å². The van der Waals surface area contributed by atoms with Crippen molar-refractivity contribution in [3.05, 3.63) is 68.6 Å². The maximum atomic E-state index is 13.2. The molecular weight excluding hydrogens is 1140 g/mol. The van der Waals surface area contributed by atoms with Gasteiger partial charge in [0, 0.05) is 30.6 Å². The second kappa shape index (κ2) is 20.9. The Morgan fingerprint density at radius 1 is 0.402 bits per heavy atom. The molecule has 456 valence electrons. The molecular formula is C74H110Br2O6. The van der Waals surface area contributed by atoms with Crippen LogP contribution < -0.4 is 0 Å². The Bertz CT molecular complexity index is 2530. The van der Waals surface area contributed by atoms with Crippen molar-refractivity contribution < 1.29 is 28.5 Å². The highest BCUT2D eigenvalue weighted by Gasteiger charge is 2.73. The van der Waals surface area contributed by atoms with Gasteiger partial charge < -0.3 is 18.9 Å². The first kappa shape index (κ1) is 61.9. The molecule has 2 aromatic rings. The van der Waals surface area contributed by atoms with E-state index in [1.807, 2.05) is 48.5 Å². The summed E-state index contributed by atoms with van der Waals surface area (Å²) in [6, 6.07) is 15.1. The number of hydrogen-bond donors (Lipinski definition) is 0. The predicted octanol–water partition coefficient (Wildman–Crippen LogP) is 20.8. The number of carbonyl (C=O) groups excluding carboxylic acids is 2. The van der Waals surface area contributed by atoms with E-state index >= 15 is 0 Å². The lowest BCUT2D eigenvalue weighted by Gasteiger charge is -2.72. The maximum absolute atomic E-state index is 13.2. The molecule has 18 atom stereocenters. The van der Waals surface area contributed by atoms with E-state index in [-0.39, 0.29) is 68.2 Å². The molecule has 10 aliphatic rings. The van der Waals surface area contributed by atoms with E-state index in [4.69, 9.17) is 18.9 Å². The Morgan fingerprint density at radius 3 is 1.10 bits per heavy atom. The van der Waals surface area contributed by atoms with Crippen LogP contribution in [0, 0.1) is 90.7 Å². The molecule has 0 bridgehead atoms. The second-order valence-corrected chi connectivity index (χ2v) is 35.9. The average molecular weight is 1260 g/mol. The number of ether oxygens (including phenoxy) is 4. The molecule has 2 heterocycles. The molecule has 2 aromatic carbocycles. The first-order chi connectivity index (χ1) is 38.2. The number of benzene rings is 2. The summed E-state index contributed by atoms with van der Waals surface area (Å²) in [4.78, 5) is 26.5. The minimum atomic E-state index is -0.192. The minimum Gasteiger partial charge on any atom is -0.458 e. The van der Waals surface area contributed by atoms with Crippen molar-refractivity contribution in [3.8, 4) is 0 Å². The molecule has 8 heteroatoms. The van der Waals surface area contributed by atoms with Crippen LogP contribution >= 0.6 is 31.9 Å². The summed E-state index contributed by atoms with van der Waals surface area (Å²) in [5.41, 5.74) is 2.54. The third kappa shape index (κ3) is 9.46. The van der Waals surface area contributed by atoms with Gasteiger partial charge in [-0.15, -0.1) is 0 Å². The van der Waals surface area contributed by atoms with Crippen LogP contribution in [-0.2, 0) is 18.9 Å². The zero-order valence-corrected chi connectivity index (χ0v) is 57.3. The summed E-state index contributed by atoms with van der Waals surface area (Å²) in [5, 5.41) is 0. The molecule has 10 fully saturated rings. The summed E-state index contributed by atoms with van der Waals surface area (Å²) in [7, 11) is 0. The van der Waals surface area contributed by atoms with Crippen LogP contribution in [0.15, 0.2) is 57.5 Å². The molecule has 8 saturated carbocycles. The number of carbonyl (C=O) groups is 2. The van der Waals surface area contributed by atoms with Gasteiger partial charge >= 0.3 is 11.9 Å². The van der Waals surface area contributed by atoms with Crippen molar-refractivity contribution in [3.63, 3.8) is 0 Å². The van der Waals surface area contributed by atoms with Crippen molar-refractivity contribution >= 4 is 43.8 Å². The smallest absolute Gasteiger partial charge is 0.338 e. The molecule has 82 heavy (non-hydrogen) atoms. The Labute approximate surface area is 515 Å². The molecule has 0 aromatic heterocycles. The first-order valence-electron chi connectivity index (χ1n) is 33.5. The zero-order valence-electron chi connectivity index (χ0n) is 54.2. The first-order valence-corrected chi connectivity index (χ1v) is 35.1. The topological polar surface area (TPSA) is 71.1 Å². The molecule has 2 spiro atoms. The highest BCUT2D eigenvalue weighted by atomic mass is 79.9. The third-order valence-corrected chi connectivity index (χ3v) is 29.8. The highest BCUT2D eigenvalue weighted by molar-refractivity contribution is 9.10. The van der Waals surface area contributed by atoms with Crippen molar-refractivity contribution in [2.24, 2.45) is 90.7 Å². The molecule has 2 aliphatic heterocycles. The van der Waals surface area contributed by atoms with Gasteiger partial charge in [0.25, 0.3) is 0 Å². The molecule has 0 unspecified atom stereocenters. The predicted molar refractivity (Wildman–Crippen MR) is 340 cm³/mol. The lowest BCUT2D eigenvalue weighted by atomic mass is 9.40. The SMILES string of the molecule is C[C@@H]1CC[C@H]2C(C)(C)[C@@H](OC(=O)c3ccc(Br)cc3)CC[C@]2(C)[C@]12CC[C@@H]1[C@@]3(C)CCCC(C)(C)[C@@H]3CC[C@@]1(C)O2.C[C@@H]1CC[C@H]2C(C)(C)[C@@H](OC(=O)c3ccc(Br)cc3)CC[C@]2(C)[C@]12CC[C@@H]1[C@@]3(C)CCCC(C)(C)[C@@H]3CC[C@@]1(C)O2. The third-order valence-electron chi connectivity index (χ3n) is 28.7. The fourth-order valence-electron chi connectivity index (χ4n) is 24.7. The molecule has 0 radical (unpaired) electrons. The summed E-state index contributed by atoms with van der Waals surface area (Å²) in [6.45, 7) is 40.1. The highest BCUT2D eigenvalue weighted by Crippen LogP contribution is 2.74. The van der Waals surface area contributed by atoms with Crippen molar-refractivity contribution in [1.82, 2.24) is 0 Å². The number of halogens is 2. The lowest BCUT2D eigenvalue weighted by Crippen LogP contribution is -2.72. The second-order valence-electron chi connectivity index (χ2n) is 34.1. The molecule has 8 aliphatic carbocycles. The van der Waals surface area contributed by atoms with Gasteiger partial charge in [-0.3, -0.25) is 0 Å². The largest absolute Gasteiger partial charge is 0.458 e. The van der Waals surface area contributed by atoms with Gasteiger partial charge in [-0.2, -0.15) is 0 Å². The van der Waals surface area contributed by atoms with Gasteiger partial charge in [-0.1, -0.05) is 142 Å². The summed E-state index contributed by atoms with van der Waals surface area (Å²) in [6.07, 6.45) is 26.8. The Morgan fingerprint density at radius 2 is 0.744 bits per heavy atom. The average Bonchev–Trinajstić information content (AvgIpc) is 0.866. The van der Waals surface area contributed by atoms with Gasteiger partial charge in [0.15, 0.2) is 0 Å². The van der Waals surface area contributed by atoms with Crippen LogP contribution in [0.2, 0.25) is 0 Å². The van der Waals surface area contributed by atoms with Crippen LogP contribution in [0.3, 0.4) is 0 Å².